The molecule has 0 saturated heterocycles. The number of hydrogen-bond acceptors (Lipinski definition) is 4. The van der Waals surface area contributed by atoms with Crippen LogP contribution in [0.25, 0.3) is 0 Å². The second-order valence-corrected chi connectivity index (χ2v) is 1.05. The van der Waals surface area contributed by atoms with E-state index in [1.165, 1.54) is 0 Å². The Labute approximate surface area is 88.0 Å². The fraction of sp³-hybridized carbons (Fsp3) is 0. The first kappa shape index (κ1) is 16.8. The molecule has 0 aliphatic carbocycles. The molecule has 56 valence electrons. The summed E-state index contributed by atoms with van der Waals surface area (Å²) in [5.41, 5.74) is 0. The summed E-state index contributed by atoms with van der Waals surface area (Å²) in [6, 6.07) is 0. The number of aliphatic carboxylic acids is 2. The van der Waals surface area contributed by atoms with Crippen molar-refractivity contribution in [1.82, 2.24) is 0 Å². The number of rotatable bonds is 2. The maximum atomic E-state index is 9.14. The normalized spacial score (nSPS) is 5.82. The van der Waals surface area contributed by atoms with Crippen LogP contribution in [0.5, 0.6) is 0 Å². The Morgan fingerprint density at radius 2 is 1.18 bits per heavy atom. The van der Waals surface area contributed by atoms with E-state index in [0.29, 0.717) is 0 Å². The molecule has 0 N–H and O–H groups in total. The van der Waals surface area contributed by atoms with Crippen LogP contribution in [0.15, 0.2) is 25.3 Å². The fourth-order valence-electron chi connectivity index (χ4n) is 0. The van der Waals surface area contributed by atoms with Gasteiger partial charge in [0.1, 0.15) is 0 Å². The summed E-state index contributed by atoms with van der Waals surface area (Å²) in [5.74, 6) is -2.46. The van der Waals surface area contributed by atoms with Crippen molar-refractivity contribution in [2.45, 2.75) is 0 Å². The third kappa shape index (κ3) is 44.3. The smallest absolute Gasteiger partial charge is 0.545 e. The Kier molecular flexibility index (Phi) is 18.5. The molecule has 0 atom stereocenters. The maximum absolute atomic E-state index is 9.14. The minimum absolute atomic E-state index is 0. The predicted molar refractivity (Wildman–Crippen MR) is 31.5 cm³/mol. The molecule has 0 fully saturated rings. The van der Waals surface area contributed by atoms with Crippen molar-refractivity contribution in [3.05, 3.63) is 25.3 Å². The van der Waals surface area contributed by atoms with E-state index in [-0.39, 0.29) is 31.0 Å². The Morgan fingerprint density at radius 1 is 1.09 bits per heavy atom. The average Bonchev–Trinajstić information content (AvgIpc) is 1.89. The van der Waals surface area contributed by atoms with Crippen molar-refractivity contribution in [1.29, 1.82) is 0 Å². The van der Waals surface area contributed by atoms with E-state index in [1.807, 2.05) is 0 Å². The van der Waals surface area contributed by atoms with Crippen LogP contribution in [0.3, 0.4) is 0 Å². The van der Waals surface area contributed by atoms with Gasteiger partial charge in [0.05, 0.1) is 11.9 Å². The Bertz CT molecular complexity index is 140. The number of carboxylic acids is 2. The number of hydrogen-bond donors (Lipinski definition) is 0. The molecule has 0 rings (SSSR count). The molecule has 0 aromatic heterocycles. The monoisotopic (exact) mass is 166 g/mol. The summed E-state index contributed by atoms with van der Waals surface area (Å²) >= 11 is 0. The van der Waals surface area contributed by atoms with Gasteiger partial charge in [0.15, 0.2) is 0 Å². The zero-order valence-corrected chi connectivity index (χ0v) is 8.20. The van der Waals surface area contributed by atoms with Gasteiger partial charge in [-0.05, 0) is 12.2 Å². The van der Waals surface area contributed by atoms with Crippen LogP contribution in [-0.2, 0) is 9.59 Å². The van der Waals surface area contributed by atoms with Crippen LogP contribution in [0.1, 0.15) is 1.43 Å². The van der Waals surface area contributed by atoms with E-state index in [1.54, 1.807) is 0 Å². The number of carbonyl (C=O) groups is 2. The first-order valence-corrected chi connectivity index (χ1v) is 2.21. The van der Waals surface area contributed by atoms with Gasteiger partial charge < -0.3 is 19.8 Å². The summed E-state index contributed by atoms with van der Waals surface area (Å²) in [6.07, 6.45) is 1.44. The molecule has 11 heavy (non-hydrogen) atoms. The molecule has 0 unspecified atom stereocenters. The van der Waals surface area contributed by atoms with Crippen molar-refractivity contribution < 1.29 is 50.8 Å². The van der Waals surface area contributed by atoms with Crippen molar-refractivity contribution in [3.8, 4) is 0 Å². The van der Waals surface area contributed by atoms with Gasteiger partial charge in [-0.25, -0.2) is 0 Å². The summed E-state index contributed by atoms with van der Waals surface area (Å²) < 4.78 is 0. The molecule has 0 amide bonds. The van der Waals surface area contributed by atoms with Crippen LogP contribution in [0.2, 0.25) is 0 Å². The molecule has 0 aliphatic rings. The third-order valence-corrected chi connectivity index (χ3v) is 0.333. The van der Waals surface area contributed by atoms with Crippen LogP contribution in [-0.4, -0.2) is 11.9 Å². The first-order chi connectivity index (χ1) is 4.54. The second-order valence-electron chi connectivity index (χ2n) is 1.05. The van der Waals surface area contributed by atoms with Crippen LogP contribution >= 0.6 is 0 Å². The van der Waals surface area contributed by atoms with Gasteiger partial charge in [-0.1, -0.05) is 13.2 Å². The van der Waals surface area contributed by atoms with E-state index in [0.717, 1.165) is 12.2 Å². The molecule has 0 bridgehead atoms. The van der Waals surface area contributed by atoms with Gasteiger partial charge in [-0.15, -0.1) is 0 Å². The van der Waals surface area contributed by atoms with E-state index in [9.17, 15) is 0 Å². The predicted octanol–water partition coefficient (Wildman–Crippen LogP) is -5.04. The quantitative estimate of drug-likeness (QED) is 0.304. The van der Waals surface area contributed by atoms with Gasteiger partial charge in [0, 0.05) is 0 Å². The Hall–Kier alpha value is -0.580. The molecule has 0 spiro atoms. The van der Waals surface area contributed by atoms with E-state index >= 15 is 0 Å². The zero-order valence-electron chi connectivity index (χ0n) is 7.20. The average molecular weight is 166 g/mol. The fourth-order valence-corrected chi connectivity index (χ4v) is 0. The van der Waals surface area contributed by atoms with Gasteiger partial charge >= 0.3 is 31.0 Å². The Balaban J connectivity index is -0.0000000457. The van der Waals surface area contributed by atoms with E-state index < -0.39 is 11.9 Å². The molecule has 0 aliphatic heterocycles. The van der Waals surface area contributed by atoms with Crippen LogP contribution in [0.4, 0.5) is 0 Å². The minimum Gasteiger partial charge on any atom is -0.545 e. The number of carboxylic acid groups (broad SMARTS) is 2. The molecular formula is C6H7NaO4. The standard InChI is InChI=1S/2C3H4O2.Na/c2*1-2-3(4)5;/h2*2H,1H2,(H,4,5);/q;;+1/p-1. The van der Waals surface area contributed by atoms with Crippen molar-refractivity contribution >= 4 is 11.9 Å². The molecule has 4 nitrogen and oxygen atoms in total. The first-order valence-electron chi connectivity index (χ1n) is 2.21. The van der Waals surface area contributed by atoms with Gasteiger partial charge in [-0.3, -0.25) is 0 Å². The molecular weight excluding hydrogens is 159 g/mol. The van der Waals surface area contributed by atoms with Gasteiger partial charge in [0.25, 0.3) is 0 Å². The van der Waals surface area contributed by atoms with Crippen molar-refractivity contribution in [2.75, 3.05) is 0 Å². The van der Waals surface area contributed by atoms with Crippen molar-refractivity contribution in [2.24, 2.45) is 0 Å². The largest absolute Gasteiger partial charge is 1.00 e. The van der Waals surface area contributed by atoms with Crippen LogP contribution in [0, 0.1) is 0 Å². The topological polar surface area (TPSA) is 80.3 Å². The van der Waals surface area contributed by atoms with E-state index in [4.69, 9.17) is 19.8 Å². The summed E-state index contributed by atoms with van der Waals surface area (Å²) in [7, 11) is 0. The SMILES string of the molecule is C=CC(=O)[O-].C=CC(=O)[O-].[H+].[Na+]. The maximum Gasteiger partial charge on any atom is 1.00 e. The molecule has 0 saturated carbocycles. The Morgan fingerprint density at radius 3 is 1.18 bits per heavy atom. The third-order valence-electron chi connectivity index (χ3n) is 0.333. The second kappa shape index (κ2) is 12.1. The summed E-state index contributed by atoms with van der Waals surface area (Å²) in [5, 5.41) is 18.3. The molecule has 0 aromatic carbocycles. The van der Waals surface area contributed by atoms with Crippen LogP contribution < -0.4 is 39.8 Å². The molecule has 0 heterocycles. The van der Waals surface area contributed by atoms with Gasteiger partial charge in [0.2, 0.25) is 0 Å². The van der Waals surface area contributed by atoms with Gasteiger partial charge in [-0.2, -0.15) is 0 Å². The van der Waals surface area contributed by atoms with Crippen molar-refractivity contribution in [3.63, 3.8) is 0 Å². The molecule has 5 heteroatoms. The molecule has 0 aromatic rings. The summed E-state index contributed by atoms with van der Waals surface area (Å²) in [6.45, 7) is 5.80. The molecule has 0 radical (unpaired) electrons. The zero-order chi connectivity index (χ0) is 8.57. The number of carbonyl (C=O) groups excluding carboxylic acids is 2. The summed E-state index contributed by atoms with van der Waals surface area (Å²) in [4.78, 5) is 18.3. The minimum atomic E-state index is -1.23. The van der Waals surface area contributed by atoms with E-state index in [2.05, 4.69) is 13.2 Å².